The lowest BCUT2D eigenvalue weighted by Gasteiger charge is -2.28. The van der Waals surface area contributed by atoms with Crippen LogP contribution in [0.5, 0.6) is 23.0 Å². The van der Waals surface area contributed by atoms with E-state index < -0.39 is 58.8 Å². The molecule has 8 atom stereocenters. The molecule has 0 unspecified atom stereocenters. The van der Waals surface area contributed by atoms with Crippen LogP contribution in [0.15, 0.2) is 73.8 Å². The number of ether oxygens (including phenoxy) is 7. The van der Waals surface area contributed by atoms with Crippen LogP contribution in [0.3, 0.4) is 0 Å². The van der Waals surface area contributed by atoms with E-state index in [4.69, 9.17) is 43.1 Å². The van der Waals surface area contributed by atoms with Crippen LogP contribution in [0.25, 0.3) is 21.8 Å². The van der Waals surface area contributed by atoms with Crippen molar-refractivity contribution in [2.75, 3.05) is 40.5 Å². The second kappa shape index (κ2) is 23.7. The smallest absolute Gasteiger partial charge is 0.411 e. The number of carbonyl (C=O) groups excluding carboxylic acids is 5. The van der Waals surface area contributed by atoms with Gasteiger partial charge in [0.1, 0.15) is 57.9 Å². The highest BCUT2D eigenvalue weighted by atomic mass is 35.5. The van der Waals surface area contributed by atoms with E-state index in [0.717, 1.165) is 70.4 Å². The van der Waals surface area contributed by atoms with E-state index in [9.17, 15) is 24.0 Å². The molecule has 0 radical (unpaired) electrons. The number of carbonyl (C=O) groups is 5. The van der Waals surface area contributed by atoms with Crippen molar-refractivity contribution in [1.82, 2.24) is 30.8 Å². The van der Waals surface area contributed by atoms with Crippen molar-refractivity contribution in [2.45, 2.75) is 139 Å². The summed E-state index contributed by atoms with van der Waals surface area (Å²) in [5, 5.41) is 10.8. The van der Waals surface area contributed by atoms with Gasteiger partial charge < -0.3 is 49.1 Å². The monoisotopic (exact) mass is 1100 g/mol. The standard InChI is InChI=1S/C31H39N3O7.C26H31N3O5.2ClH/c1-7-19-16-31(19,28(36)39-8-2)33-27(35)25-14-21(17-34(25)29(37)41-30(3,4)5)40-26-15-23(18-9-10-18)32-24-13-20(38-6)11-12-22(24)26;1-4-16-13-26(16,25(31)33-5-2)29-24(30)22-11-18(14-27-22)34-23-12-20(15-6-7-15)28-21-10-17(32-3)8-9-19(21)23;;/h7,11-13,15,18-19,21,25H,1,8-10,14,16-17H2,2-6H3,(H,33,35);4,8-10,12,15-16,18,22,27H,1,5-7,11,13-14H2,2-3H3,(H,29,30);2*1H/t19-,21-,25+,31-;16-,18-,22+,26-;;/m11../s1. The number of halogens is 2. The minimum absolute atomic E-state index is 0. The number of fused-ring (bicyclic) bond motifs is 2. The highest BCUT2D eigenvalue weighted by molar-refractivity contribution is 5.96. The zero-order chi connectivity index (χ0) is 53.4. The van der Waals surface area contributed by atoms with Gasteiger partial charge in [0.2, 0.25) is 11.8 Å². The lowest BCUT2D eigenvalue weighted by atomic mass is 10.1. The lowest BCUT2D eigenvalue weighted by Crippen LogP contribution is -2.53. The molecule has 0 spiro atoms. The molecular formula is C57H72Cl2N6O12. The Morgan fingerprint density at radius 3 is 1.62 bits per heavy atom. The molecule has 2 aromatic heterocycles. The van der Waals surface area contributed by atoms with Crippen molar-refractivity contribution < 1.29 is 57.1 Å². The van der Waals surface area contributed by atoms with E-state index in [1.54, 1.807) is 61.0 Å². The molecule has 4 saturated carbocycles. The highest BCUT2D eigenvalue weighted by Crippen LogP contribution is 2.48. The van der Waals surface area contributed by atoms with Crippen LogP contribution in [0.2, 0.25) is 0 Å². The van der Waals surface area contributed by atoms with Crippen LogP contribution < -0.4 is 34.9 Å². The number of nitrogens with zero attached hydrogens (tertiary/aromatic N) is 3. The van der Waals surface area contributed by atoms with Gasteiger partial charge in [0.15, 0.2) is 0 Å². The summed E-state index contributed by atoms with van der Waals surface area (Å²) in [5.74, 6) is 1.83. The maximum atomic E-state index is 13.7. The van der Waals surface area contributed by atoms with Gasteiger partial charge in [-0.1, -0.05) is 12.2 Å². The van der Waals surface area contributed by atoms with Gasteiger partial charge in [-0.3, -0.25) is 24.5 Å². The molecule has 0 bridgehead atoms. The van der Waals surface area contributed by atoms with E-state index in [1.165, 1.54) is 4.90 Å². The Labute approximate surface area is 461 Å². The molecule has 20 heteroatoms. The summed E-state index contributed by atoms with van der Waals surface area (Å²) < 4.78 is 39.8. The first-order valence-corrected chi connectivity index (χ1v) is 26.2. The number of aromatic nitrogens is 2. The van der Waals surface area contributed by atoms with Gasteiger partial charge in [0, 0.05) is 89.5 Å². The van der Waals surface area contributed by atoms with E-state index in [0.29, 0.717) is 49.1 Å². The van der Waals surface area contributed by atoms with Crippen LogP contribution in [-0.2, 0) is 33.4 Å². The quantitative estimate of drug-likeness (QED) is 0.0486. The summed E-state index contributed by atoms with van der Waals surface area (Å²) in [7, 11) is 3.26. The fourth-order valence-electron chi connectivity index (χ4n) is 10.2. The lowest BCUT2D eigenvalue weighted by molar-refractivity contribution is -0.149. The first kappa shape index (κ1) is 58.3. The number of amides is 3. The minimum Gasteiger partial charge on any atom is -0.497 e. The van der Waals surface area contributed by atoms with Gasteiger partial charge in [-0.15, -0.1) is 38.0 Å². The molecule has 4 heterocycles. The predicted molar refractivity (Wildman–Crippen MR) is 293 cm³/mol. The molecule has 18 nitrogen and oxygen atoms in total. The Morgan fingerprint density at radius 1 is 0.714 bits per heavy atom. The number of pyridine rings is 2. The maximum absolute atomic E-state index is 13.7. The summed E-state index contributed by atoms with van der Waals surface area (Å²) in [4.78, 5) is 76.3. The molecule has 77 heavy (non-hydrogen) atoms. The first-order valence-electron chi connectivity index (χ1n) is 26.2. The molecular weight excluding hydrogens is 1030 g/mol. The van der Waals surface area contributed by atoms with Crippen molar-refractivity contribution in [3.63, 3.8) is 0 Å². The minimum atomic E-state index is -1.17. The number of benzene rings is 2. The third kappa shape index (κ3) is 12.8. The molecule has 10 rings (SSSR count). The molecule has 3 N–H and O–H groups in total. The SMILES string of the molecule is C=C[C@@H]1C[C@]1(NC(=O)[C@@H]1C[C@@H](Oc2cc(C3CC3)nc3cc(OC)ccc23)CN1)C(=O)OCC.C=C[C@@H]1C[C@]1(NC(=O)[C@@H]1C[C@@H](Oc2cc(C3CC3)nc3cc(OC)ccc23)CN1C(=O)OC(C)(C)C)C(=O)OCC.Cl.Cl. The first-order chi connectivity index (χ1) is 35.9. The molecule has 416 valence electrons. The summed E-state index contributed by atoms with van der Waals surface area (Å²) in [5.41, 5.74) is 0.684. The number of hydrogen-bond acceptors (Lipinski definition) is 15. The number of esters is 2. The largest absolute Gasteiger partial charge is 0.497 e. The van der Waals surface area contributed by atoms with Gasteiger partial charge in [-0.25, -0.2) is 14.4 Å². The second-order valence-electron chi connectivity index (χ2n) is 21.4. The number of nitrogens with one attached hydrogen (secondary N) is 3. The van der Waals surface area contributed by atoms with Crippen molar-refractivity contribution in [1.29, 1.82) is 0 Å². The summed E-state index contributed by atoms with van der Waals surface area (Å²) in [6.45, 7) is 17.5. The zero-order valence-corrected chi connectivity index (χ0v) is 46.5. The number of rotatable bonds is 18. The maximum Gasteiger partial charge on any atom is 0.411 e. The van der Waals surface area contributed by atoms with Gasteiger partial charge in [0.25, 0.3) is 0 Å². The summed E-state index contributed by atoms with van der Waals surface area (Å²) in [6.07, 6.45) is 8.14. The Kier molecular flexibility index (Phi) is 18.0. The third-order valence-corrected chi connectivity index (χ3v) is 14.7. The fourth-order valence-corrected chi connectivity index (χ4v) is 10.2. The molecule has 2 aromatic carbocycles. The molecule has 4 aliphatic carbocycles. The van der Waals surface area contributed by atoms with Crippen LogP contribution in [0, 0.1) is 11.8 Å². The van der Waals surface area contributed by atoms with Crippen LogP contribution in [-0.4, -0.2) is 126 Å². The summed E-state index contributed by atoms with van der Waals surface area (Å²) >= 11 is 0. The van der Waals surface area contributed by atoms with Crippen molar-refractivity contribution >= 4 is 76.5 Å². The summed E-state index contributed by atoms with van der Waals surface area (Å²) in [6, 6.07) is 14.1. The van der Waals surface area contributed by atoms with Gasteiger partial charge in [-0.2, -0.15) is 0 Å². The van der Waals surface area contributed by atoms with Crippen LogP contribution in [0.4, 0.5) is 4.79 Å². The van der Waals surface area contributed by atoms with Crippen molar-refractivity contribution in [3.8, 4) is 23.0 Å². The van der Waals surface area contributed by atoms with Crippen LogP contribution >= 0.6 is 24.8 Å². The molecule has 3 amide bonds. The van der Waals surface area contributed by atoms with Crippen molar-refractivity contribution in [3.05, 3.63) is 85.2 Å². The number of likely N-dealkylation sites (tertiary alicyclic amines) is 1. The second-order valence-corrected chi connectivity index (χ2v) is 21.4. The van der Waals surface area contributed by atoms with E-state index >= 15 is 0 Å². The normalized spacial score (nSPS) is 25.8. The van der Waals surface area contributed by atoms with E-state index in [-0.39, 0.29) is 74.8 Å². The highest BCUT2D eigenvalue weighted by Gasteiger charge is 2.63. The zero-order valence-electron chi connectivity index (χ0n) is 44.8. The molecule has 4 aromatic rings. The number of methoxy groups -OCH3 is 2. The van der Waals surface area contributed by atoms with Gasteiger partial charge in [0.05, 0.1) is 51.1 Å². The van der Waals surface area contributed by atoms with Gasteiger partial charge in [-0.05, 0) is 97.4 Å². The predicted octanol–water partition coefficient (Wildman–Crippen LogP) is 8.20. The Morgan fingerprint density at radius 2 is 1.19 bits per heavy atom. The van der Waals surface area contributed by atoms with Gasteiger partial charge >= 0.3 is 18.0 Å². The number of hydrogen-bond donors (Lipinski definition) is 3. The van der Waals surface area contributed by atoms with E-state index in [1.807, 2.05) is 48.5 Å². The van der Waals surface area contributed by atoms with Crippen LogP contribution in [0.1, 0.15) is 109 Å². The topological polar surface area (TPSA) is 215 Å². The molecule has 6 aliphatic rings. The molecule has 2 aliphatic heterocycles. The molecule has 6 fully saturated rings. The Balaban J connectivity index is 0.000000221. The average Bonchev–Trinajstić information content (AvgIpc) is 4.26. The molecule has 2 saturated heterocycles. The Hall–Kier alpha value is -6.37. The third-order valence-electron chi connectivity index (χ3n) is 14.7. The Bertz CT molecular complexity index is 2890. The van der Waals surface area contributed by atoms with E-state index in [2.05, 4.69) is 29.1 Å². The fraction of sp³-hybridized carbons (Fsp3) is 0.526. The van der Waals surface area contributed by atoms with Crippen molar-refractivity contribution in [2.24, 2.45) is 11.8 Å². The average molecular weight is 1100 g/mol.